The van der Waals surface area contributed by atoms with Crippen molar-refractivity contribution in [3.8, 4) is 0 Å². The highest BCUT2D eigenvalue weighted by Gasteiger charge is 2.43. The van der Waals surface area contributed by atoms with Crippen molar-refractivity contribution in [3.05, 3.63) is 35.9 Å². The molecule has 0 N–H and O–H groups in total. The topological polar surface area (TPSA) is 43.4 Å². The first-order valence-electron chi connectivity index (χ1n) is 5.37. The van der Waals surface area contributed by atoms with Crippen LogP contribution in [0, 0.1) is 5.92 Å². The summed E-state index contributed by atoms with van der Waals surface area (Å²) in [7, 11) is 1.30. The Labute approximate surface area is 94.4 Å². The van der Waals surface area contributed by atoms with Gasteiger partial charge in [0.05, 0.1) is 7.11 Å². The fourth-order valence-corrected chi connectivity index (χ4v) is 1.96. The van der Waals surface area contributed by atoms with E-state index in [1.165, 1.54) is 12.7 Å². The number of methoxy groups -OCH3 is 1. The van der Waals surface area contributed by atoms with Crippen LogP contribution in [0.2, 0.25) is 0 Å². The Morgan fingerprint density at radius 3 is 2.62 bits per heavy atom. The van der Waals surface area contributed by atoms with Crippen LogP contribution in [0.3, 0.4) is 0 Å². The molecule has 1 saturated carbocycles. The zero-order valence-corrected chi connectivity index (χ0v) is 9.18. The maximum absolute atomic E-state index is 11.7. The highest BCUT2D eigenvalue weighted by atomic mass is 16.5. The largest absolute Gasteiger partial charge is 0.469 e. The third-order valence-electron chi connectivity index (χ3n) is 2.98. The standard InChI is InChI=1S/C13H14O3/c1-16-13(15)8-12(14)11-7-10(11)9-5-3-2-4-6-9/h2-6,10-11H,7-8H2,1H3/t10-,11+/m1/s1. The van der Waals surface area contributed by atoms with Gasteiger partial charge in [-0.1, -0.05) is 30.3 Å². The Morgan fingerprint density at radius 2 is 2.00 bits per heavy atom. The Balaban J connectivity index is 1.92. The van der Waals surface area contributed by atoms with E-state index >= 15 is 0 Å². The third-order valence-corrected chi connectivity index (χ3v) is 2.98. The molecule has 84 valence electrons. The van der Waals surface area contributed by atoms with Crippen LogP contribution in [-0.4, -0.2) is 18.9 Å². The molecule has 3 nitrogen and oxygen atoms in total. The molecule has 0 bridgehead atoms. The quantitative estimate of drug-likeness (QED) is 0.573. The molecule has 2 rings (SSSR count). The van der Waals surface area contributed by atoms with Crippen molar-refractivity contribution in [1.82, 2.24) is 0 Å². The number of Topliss-reactive ketones (excluding diaryl/α,β-unsaturated/α-hetero) is 1. The van der Waals surface area contributed by atoms with Gasteiger partial charge in [0.15, 0.2) is 0 Å². The molecule has 0 unspecified atom stereocenters. The van der Waals surface area contributed by atoms with Crippen molar-refractivity contribution in [2.45, 2.75) is 18.8 Å². The maximum atomic E-state index is 11.7. The Kier molecular flexibility index (Phi) is 3.04. The molecular formula is C13H14O3. The Bertz CT molecular complexity index is 397. The first-order valence-corrected chi connectivity index (χ1v) is 5.37. The van der Waals surface area contributed by atoms with Crippen LogP contribution in [0.1, 0.15) is 24.3 Å². The van der Waals surface area contributed by atoms with E-state index in [2.05, 4.69) is 4.74 Å². The molecule has 0 spiro atoms. The van der Waals surface area contributed by atoms with Gasteiger partial charge in [0.1, 0.15) is 12.2 Å². The summed E-state index contributed by atoms with van der Waals surface area (Å²) < 4.78 is 4.48. The van der Waals surface area contributed by atoms with Gasteiger partial charge in [0.25, 0.3) is 0 Å². The number of hydrogen-bond donors (Lipinski definition) is 0. The van der Waals surface area contributed by atoms with E-state index < -0.39 is 5.97 Å². The summed E-state index contributed by atoms with van der Waals surface area (Å²) >= 11 is 0. The van der Waals surface area contributed by atoms with Crippen molar-refractivity contribution in [1.29, 1.82) is 0 Å². The van der Waals surface area contributed by atoms with Crippen LogP contribution < -0.4 is 0 Å². The van der Waals surface area contributed by atoms with Crippen LogP contribution in [-0.2, 0) is 14.3 Å². The molecule has 0 saturated heterocycles. The maximum Gasteiger partial charge on any atom is 0.313 e. The number of hydrogen-bond acceptors (Lipinski definition) is 3. The molecular weight excluding hydrogens is 204 g/mol. The molecule has 1 fully saturated rings. The minimum Gasteiger partial charge on any atom is -0.469 e. The Hall–Kier alpha value is -1.64. The smallest absolute Gasteiger partial charge is 0.313 e. The van der Waals surface area contributed by atoms with E-state index in [-0.39, 0.29) is 18.1 Å². The van der Waals surface area contributed by atoms with Gasteiger partial charge in [-0.2, -0.15) is 0 Å². The molecule has 16 heavy (non-hydrogen) atoms. The van der Waals surface area contributed by atoms with Gasteiger partial charge >= 0.3 is 5.97 Å². The lowest BCUT2D eigenvalue weighted by Gasteiger charge is -1.99. The van der Waals surface area contributed by atoms with Crippen LogP contribution in [0.5, 0.6) is 0 Å². The Morgan fingerprint density at radius 1 is 1.31 bits per heavy atom. The first-order chi connectivity index (χ1) is 7.72. The van der Waals surface area contributed by atoms with Gasteiger partial charge in [-0.3, -0.25) is 9.59 Å². The zero-order valence-electron chi connectivity index (χ0n) is 9.18. The van der Waals surface area contributed by atoms with E-state index in [0.717, 1.165) is 6.42 Å². The predicted molar refractivity (Wildman–Crippen MR) is 58.9 cm³/mol. The van der Waals surface area contributed by atoms with Gasteiger partial charge in [0.2, 0.25) is 0 Å². The van der Waals surface area contributed by atoms with Crippen LogP contribution >= 0.6 is 0 Å². The van der Waals surface area contributed by atoms with Gasteiger partial charge in [-0.25, -0.2) is 0 Å². The summed E-state index contributed by atoms with van der Waals surface area (Å²) in [6.45, 7) is 0. The van der Waals surface area contributed by atoms with Crippen molar-refractivity contribution < 1.29 is 14.3 Å². The molecule has 1 aromatic carbocycles. The van der Waals surface area contributed by atoms with Gasteiger partial charge in [0, 0.05) is 5.92 Å². The minimum atomic E-state index is -0.441. The number of ketones is 1. The van der Waals surface area contributed by atoms with Crippen LogP contribution in [0.25, 0.3) is 0 Å². The molecule has 1 aliphatic rings. The molecule has 1 aromatic rings. The first kappa shape index (κ1) is 10.9. The number of carbonyl (C=O) groups is 2. The van der Waals surface area contributed by atoms with Gasteiger partial charge in [-0.15, -0.1) is 0 Å². The normalized spacial score (nSPS) is 22.6. The predicted octanol–water partition coefficient (Wildman–Crippen LogP) is 1.92. The molecule has 0 aliphatic heterocycles. The number of carbonyl (C=O) groups excluding carboxylic acids is 2. The lowest BCUT2D eigenvalue weighted by atomic mass is 10.1. The second-order valence-electron chi connectivity index (χ2n) is 4.08. The number of ether oxygens (including phenoxy) is 1. The van der Waals surface area contributed by atoms with Gasteiger partial charge in [-0.05, 0) is 17.9 Å². The lowest BCUT2D eigenvalue weighted by molar-refractivity contribution is -0.143. The van der Waals surface area contributed by atoms with Gasteiger partial charge < -0.3 is 4.74 Å². The third kappa shape index (κ3) is 2.30. The lowest BCUT2D eigenvalue weighted by Crippen LogP contribution is -2.11. The summed E-state index contributed by atoms with van der Waals surface area (Å²) in [5, 5.41) is 0. The fourth-order valence-electron chi connectivity index (χ4n) is 1.96. The summed E-state index contributed by atoms with van der Waals surface area (Å²) in [5.41, 5.74) is 1.19. The van der Waals surface area contributed by atoms with Crippen molar-refractivity contribution in [2.75, 3.05) is 7.11 Å². The van der Waals surface area contributed by atoms with Crippen molar-refractivity contribution >= 4 is 11.8 Å². The second-order valence-corrected chi connectivity index (χ2v) is 4.08. The number of esters is 1. The molecule has 1 aliphatic carbocycles. The van der Waals surface area contributed by atoms with Crippen LogP contribution in [0.15, 0.2) is 30.3 Å². The molecule has 0 radical (unpaired) electrons. The zero-order chi connectivity index (χ0) is 11.5. The highest BCUT2D eigenvalue weighted by molar-refractivity contribution is 5.98. The van der Waals surface area contributed by atoms with E-state index in [4.69, 9.17) is 0 Å². The average molecular weight is 218 g/mol. The molecule has 0 aromatic heterocycles. The highest BCUT2D eigenvalue weighted by Crippen LogP contribution is 2.48. The van der Waals surface area contributed by atoms with Crippen LogP contribution in [0.4, 0.5) is 0 Å². The number of rotatable bonds is 4. The van der Waals surface area contributed by atoms with Crippen molar-refractivity contribution in [2.24, 2.45) is 5.92 Å². The summed E-state index contributed by atoms with van der Waals surface area (Å²) in [5.74, 6) is -0.121. The van der Waals surface area contributed by atoms with E-state index in [1.54, 1.807) is 0 Å². The SMILES string of the molecule is COC(=O)CC(=O)[C@H]1C[C@@H]1c1ccccc1. The molecule has 0 heterocycles. The number of benzene rings is 1. The monoisotopic (exact) mass is 218 g/mol. The van der Waals surface area contributed by atoms with E-state index in [9.17, 15) is 9.59 Å². The fraction of sp³-hybridized carbons (Fsp3) is 0.385. The summed E-state index contributed by atoms with van der Waals surface area (Å²) in [6.07, 6.45) is 0.768. The second kappa shape index (κ2) is 4.47. The van der Waals surface area contributed by atoms with E-state index in [0.29, 0.717) is 5.92 Å². The molecule has 2 atom stereocenters. The van der Waals surface area contributed by atoms with E-state index in [1.807, 2.05) is 30.3 Å². The molecule has 0 amide bonds. The van der Waals surface area contributed by atoms with Crippen molar-refractivity contribution in [3.63, 3.8) is 0 Å². The summed E-state index contributed by atoms with van der Waals surface area (Å²) in [6, 6.07) is 9.94. The summed E-state index contributed by atoms with van der Waals surface area (Å²) in [4.78, 5) is 22.6. The average Bonchev–Trinajstić information content (AvgIpc) is 3.10. The molecule has 3 heteroatoms. The minimum absolute atomic E-state index is 0.000651.